The van der Waals surface area contributed by atoms with Crippen molar-refractivity contribution in [1.29, 1.82) is 0 Å². The molecule has 1 aliphatic rings. The summed E-state index contributed by atoms with van der Waals surface area (Å²) in [6.07, 6.45) is 1.64. The van der Waals surface area contributed by atoms with Crippen LogP contribution in [0.3, 0.4) is 0 Å². The molecule has 0 fully saturated rings. The quantitative estimate of drug-likeness (QED) is 0.872. The van der Waals surface area contributed by atoms with Crippen LogP contribution in [-0.4, -0.2) is 22.2 Å². The van der Waals surface area contributed by atoms with Crippen molar-refractivity contribution in [2.45, 2.75) is 19.7 Å². The molecule has 0 atom stereocenters. The van der Waals surface area contributed by atoms with Crippen LogP contribution >= 0.6 is 0 Å². The Hall–Kier alpha value is -2.41. The van der Waals surface area contributed by atoms with Crippen LogP contribution in [0.5, 0.6) is 5.75 Å². The molecular formula is C14H15FN4O2. The maximum Gasteiger partial charge on any atom is 0.248 e. The Kier molecular flexibility index (Phi) is 3.57. The Morgan fingerprint density at radius 1 is 1.52 bits per heavy atom. The molecule has 6 nitrogen and oxygen atoms in total. The predicted octanol–water partition coefficient (Wildman–Crippen LogP) is 0.803. The van der Waals surface area contributed by atoms with Crippen LogP contribution in [0, 0.1) is 5.82 Å². The molecule has 21 heavy (non-hydrogen) atoms. The molecule has 3 N–H and O–H groups in total. The topological polar surface area (TPSA) is 82.2 Å². The lowest BCUT2D eigenvalue weighted by Crippen LogP contribution is -2.28. The van der Waals surface area contributed by atoms with E-state index in [0.717, 1.165) is 24.8 Å². The Morgan fingerprint density at radius 2 is 2.38 bits per heavy atom. The summed E-state index contributed by atoms with van der Waals surface area (Å²) >= 11 is 0. The number of benzene rings is 1. The molecular weight excluding hydrogens is 275 g/mol. The van der Waals surface area contributed by atoms with Gasteiger partial charge in [0.05, 0.1) is 18.4 Å². The molecule has 0 spiro atoms. The molecule has 0 bridgehead atoms. The largest absolute Gasteiger partial charge is 0.485 e. The average molecular weight is 290 g/mol. The standard InChI is InChI=1S/C14H15FN4O2/c15-11-5-9(14(16)20)1-2-10(11)8-21-13-7-18-19-4-3-17-6-12(13)19/h1-2,5,7,17H,3-4,6,8H2,(H2,16,20). The van der Waals surface area contributed by atoms with E-state index < -0.39 is 11.7 Å². The van der Waals surface area contributed by atoms with Crippen molar-refractivity contribution < 1.29 is 13.9 Å². The number of carbonyl (C=O) groups is 1. The summed E-state index contributed by atoms with van der Waals surface area (Å²) in [7, 11) is 0. The van der Waals surface area contributed by atoms with E-state index in [1.54, 1.807) is 6.20 Å². The molecule has 1 aromatic heterocycles. The van der Waals surface area contributed by atoms with E-state index in [-0.39, 0.29) is 12.2 Å². The Bertz CT molecular complexity index is 684. The van der Waals surface area contributed by atoms with Crippen LogP contribution in [0.1, 0.15) is 21.6 Å². The number of nitrogens with two attached hydrogens (primary N) is 1. The number of hydrogen-bond donors (Lipinski definition) is 2. The van der Waals surface area contributed by atoms with Crippen LogP contribution < -0.4 is 15.8 Å². The lowest BCUT2D eigenvalue weighted by molar-refractivity contribution is 0.0999. The minimum absolute atomic E-state index is 0.0730. The molecule has 3 rings (SSSR count). The highest BCUT2D eigenvalue weighted by Gasteiger charge is 2.16. The zero-order valence-electron chi connectivity index (χ0n) is 11.3. The van der Waals surface area contributed by atoms with E-state index in [1.165, 1.54) is 12.1 Å². The summed E-state index contributed by atoms with van der Waals surface area (Å²) < 4.78 is 21.4. The summed E-state index contributed by atoms with van der Waals surface area (Å²) in [4.78, 5) is 11.0. The van der Waals surface area contributed by atoms with Crippen LogP contribution in [-0.2, 0) is 19.7 Å². The van der Waals surface area contributed by atoms with Gasteiger partial charge in [0.25, 0.3) is 0 Å². The predicted molar refractivity (Wildman–Crippen MR) is 73.2 cm³/mol. The Morgan fingerprint density at radius 3 is 3.14 bits per heavy atom. The number of rotatable bonds is 4. The molecule has 0 unspecified atom stereocenters. The van der Waals surface area contributed by atoms with E-state index in [9.17, 15) is 9.18 Å². The number of aromatic nitrogens is 2. The van der Waals surface area contributed by atoms with E-state index in [0.29, 0.717) is 17.9 Å². The number of fused-ring (bicyclic) bond motifs is 1. The smallest absolute Gasteiger partial charge is 0.248 e. The lowest BCUT2D eigenvalue weighted by atomic mass is 10.1. The highest BCUT2D eigenvalue weighted by molar-refractivity contribution is 5.92. The van der Waals surface area contributed by atoms with Crippen molar-refractivity contribution in [2.75, 3.05) is 6.54 Å². The maximum atomic E-state index is 13.9. The molecule has 2 heterocycles. The third-order valence-corrected chi connectivity index (χ3v) is 3.42. The monoisotopic (exact) mass is 290 g/mol. The first-order chi connectivity index (χ1) is 10.1. The van der Waals surface area contributed by atoms with Gasteiger partial charge in [-0.1, -0.05) is 6.07 Å². The first-order valence-corrected chi connectivity index (χ1v) is 6.61. The van der Waals surface area contributed by atoms with Crippen molar-refractivity contribution in [1.82, 2.24) is 15.1 Å². The third-order valence-electron chi connectivity index (χ3n) is 3.42. The first-order valence-electron chi connectivity index (χ1n) is 6.61. The summed E-state index contributed by atoms with van der Waals surface area (Å²) in [5, 5.41) is 7.46. The fraction of sp³-hybridized carbons (Fsp3) is 0.286. The molecule has 110 valence electrons. The third kappa shape index (κ3) is 2.73. The summed E-state index contributed by atoms with van der Waals surface area (Å²) in [6, 6.07) is 4.11. The summed E-state index contributed by atoms with van der Waals surface area (Å²) in [5.41, 5.74) is 6.57. The average Bonchev–Trinajstić information content (AvgIpc) is 2.89. The Labute approximate surface area is 120 Å². The molecule has 1 aliphatic heterocycles. The minimum atomic E-state index is -0.654. The number of nitrogens with one attached hydrogen (secondary N) is 1. The minimum Gasteiger partial charge on any atom is -0.485 e. The van der Waals surface area contributed by atoms with Crippen LogP contribution in [0.25, 0.3) is 0 Å². The van der Waals surface area contributed by atoms with Crippen LogP contribution in [0.4, 0.5) is 4.39 Å². The van der Waals surface area contributed by atoms with Gasteiger partial charge in [0.1, 0.15) is 12.4 Å². The summed E-state index contributed by atoms with van der Waals surface area (Å²) in [5.74, 6) is -0.524. The van der Waals surface area contributed by atoms with E-state index >= 15 is 0 Å². The molecule has 0 radical (unpaired) electrons. The van der Waals surface area contributed by atoms with Crippen molar-refractivity contribution >= 4 is 5.91 Å². The van der Waals surface area contributed by atoms with Gasteiger partial charge >= 0.3 is 0 Å². The molecule has 2 aromatic rings. The number of ether oxygens (including phenoxy) is 1. The second-order valence-electron chi connectivity index (χ2n) is 4.81. The van der Waals surface area contributed by atoms with Crippen LogP contribution in [0.15, 0.2) is 24.4 Å². The molecule has 0 saturated carbocycles. The van der Waals surface area contributed by atoms with Crippen molar-refractivity contribution in [2.24, 2.45) is 5.73 Å². The second-order valence-corrected chi connectivity index (χ2v) is 4.81. The molecule has 0 saturated heterocycles. The van der Waals surface area contributed by atoms with Gasteiger partial charge in [0.15, 0.2) is 5.75 Å². The Balaban J connectivity index is 1.73. The van der Waals surface area contributed by atoms with Gasteiger partial charge in [0, 0.05) is 24.2 Å². The fourth-order valence-electron chi connectivity index (χ4n) is 2.25. The molecule has 7 heteroatoms. The normalized spacial score (nSPS) is 13.8. The van der Waals surface area contributed by atoms with Crippen LogP contribution in [0.2, 0.25) is 0 Å². The molecule has 0 aliphatic carbocycles. The lowest BCUT2D eigenvalue weighted by Gasteiger charge is -2.16. The van der Waals surface area contributed by atoms with Gasteiger partial charge < -0.3 is 15.8 Å². The number of primary amides is 1. The van der Waals surface area contributed by atoms with Gasteiger partial charge in [-0.3, -0.25) is 9.48 Å². The van der Waals surface area contributed by atoms with Gasteiger partial charge in [-0.05, 0) is 12.1 Å². The van der Waals surface area contributed by atoms with Gasteiger partial charge in [-0.25, -0.2) is 4.39 Å². The SMILES string of the molecule is NC(=O)c1ccc(COc2cnn3c2CNCC3)c(F)c1. The highest BCUT2D eigenvalue weighted by Crippen LogP contribution is 2.21. The van der Waals surface area contributed by atoms with E-state index in [2.05, 4.69) is 10.4 Å². The van der Waals surface area contributed by atoms with Crippen molar-refractivity contribution in [3.05, 3.63) is 47.0 Å². The second kappa shape index (κ2) is 5.53. The fourth-order valence-corrected chi connectivity index (χ4v) is 2.25. The molecule has 1 amide bonds. The maximum absolute atomic E-state index is 13.9. The summed E-state index contributed by atoms with van der Waals surface area (Å²) in [6.45, 7) is 2.42. The van der Waals surface area contributed by atoms with Crippen molar-refractivity contribution in [3.63, 3.8) is 0 Å². The molecule has 1 aromatic carbocycles. The van der Waals surface area contributed by atoms with Gasteiger partial charge in [-0.15, -0.1) is 0 Å². The number of nitrogens with zero attached hydrogens (tertiary/aromatic N) is 2. The number of halogens is 1. The van der Waals surface area contributed by atoms with E-state index in [4.69, 9.17) is 10.5 Å². The van der Waals surface area contributed by atoms with Crippen molar-refractivity contribution in [3.8, 4) is 5.75 Å². The highest BCUT2D eigenvalue weighted by atomic mass is 19.1. The van der Waals surface area contributed by atoms with Gasteiger partial charge in [0.2, 0.25) is 5.91 Å². The number of amides is 1. The zero-order valence-corrected chi connectivity index (χ0v) is 11.3. The van der Waals surface area contributed by atoms with E-state index in [1.807, 2.05) is 4.68 Å². The number of carbonyl (C=O) groups excluding carboxylic acids is 1. The number of hydrogen-bond acceptors (Lipinski definition) is 4. The van der Waals surface area contributed by atoms with Gasteiger partial charge in [-0.2, -0.15) is 5.10 Å². The zero-order chi connectivity index (χ0) is 14.8. The first kappa shape index (κ1) is 13.6.